The van der Waals surface area contributed by atoms with Crippen LogP contribution in [-0.4, -0.2) is 29.8 Å². The quantitative estimate of drug-likeness (QED) is 0.600. The minimum atomic E-state index is -1.17. The fourth-order valence-corrected chi connectivity index (χ4v) is 3.93. The molecule has 1 aliphatic carbocycles. The third-order valence-corrected chi connectivity index (χ3v) is 5.41. The third kappa shape index (κ3) is 3.95. The molecule has 1 N–H and O–H groups in total. The van der Waals surface area contributed by atoms with Gasteiger partial charge < -0.3 is 10.1 Å². The maximum Gasteiger partial charge on any atom is 0.332 e. The summed E-state index contributed by atoms with van der Waals surface area (Å²) in [5, 5.41) is 2.94. The van der Waals surface area contributed by atoms with Gasteiger partial charge in [0.1, 0.15) is 5.54 Å². The van der Waals surface area contributed by atoms with E-state index in [0.717, 1.165) is 16.7 Å². The molecule has 29 heavy (non-hydrogen) atoms. The second-order valence-corrected chi connectivity index (χ2v) is 7.90. The SMILES string of the molecule is CCOC(=O)C1(NC(=O)c2cccc(C)c2C(=O)C(C)C)Cc2ccccc2C1. The molecule has 0 saturated heterocycles. The lowest BCUT2D eigenvalue weighted by atomic mass is 9.90. The maximum absolute atomic E-state index is 13.3. The molecule has 0 saturated carbocycles. The van der Waals surface area contributed by atoms with Crippen LogP contribution in [0, 0.1) is 12.8 Å². The molecular weight excluding hydrogens is 366 g/mol. The normalized spacial score (nSPS) is 14.4. The van der Waals surface area contributed by atoms with Crippen molar-refractivity contribution in [2.24, 2.45) is 5.92 Å². The molecule has 152 valence electrons. The van der Waals surface area contributed by atoms with Crippen LogP contribution >= 0.6 is 0 Å². The van der Waals surface area contributed by atoms with Gasteiger partial charge in [0.25, 0.3) is 5.91 Å². The number of aryl methyl sites for hydroxylation is 1. The highest BCUT2D eigenvalue weighted by atomic mass is 16.5. The summed E-state index contributed by atoms with van der Waals surface area (Å²) >= 11 is 0. The van der Waals surface area contributed by atoms with E-state index in [1.165, 1.54) is 0 Å². The van der Waals surface area contributed by atoms with Gasteiger partial charge >= 0.3 is 5.97 Å². The van der Waals surface area contributed by atoms with Crippen LogP contribution in [0.15, 0.2) is 42.5 Å². The van der Waals surface area contributed by atoms with Gasteiger partial charge in [0.15, 0.2) is 5.78 Å². The number of fused-ring (bicyclic) bond motifs is 1. The highest BCUT2D eigenvalue weighted by Crippen LogP contribution is 2.32. The Bertz CT molecular complexity index is 936. The Balaban J connectivity index is 1.99. The minimum Gasteiger partial charge on any atom is -0.464 e. The zero-order chi connectivity index (χ0) is 21.2. The summed E-state index contributed by atoms with van der Waals surface area (Å²) in [6, 6.07) is 13.0. The van der Waals surface area contributed by atoms with E-state index < -0.39 is 17.4 Å². The molecular formula is C24H27NO4. The second-order valence-electron chi connectivity index (χ2n) is 7.90. The molecule has 3 rings (SSSR count). The largest absolute Gasteiger partial charge is 0.464 e. The lowest BCUT2D eigenvalue weighted by molar-refractivity contribution is -0.150. The molecule has 0 heterocycles. The number of esters is 1. The Kier molecular flexibility index (Phi) is 5.87. The highest BCUT2D eigenvalue weighted by molar-refractivity contribution is 6.10. The van der Waals surface area contributed by atoms with E-state index in [1.54, 1.807) is 19.1 Å². The van der Waals surface area contributed by atoms with Gasteiger partial charge in [-0.15, -0.1) is 0 Å². The summed E-state index contributed by atoms with van der Waals surface area (Å²) in [4.78, 5) is 38.9. The van der Waals surface area contributed by atoms with Gasteiger partial charge in [-0.2, -0.15) is 0 Å². The number of benzene rings is 2. The molecule has 0 aliphatic heterocycles. The van der Waals surface area contributed by atoms with Crippen LogP contribution in [-0.2, 0) is 22.4 Å². The fourth-order valence-electron chi connectivity index (χ4n) is 3.93. The number of amides is 1. The van der Waals surface area contributed by atoms with Crippen LogP contribution in [0.2, 0.25) is 0 Å². The topological polar surface area (TPSA) is 72.5 Å². The standard InChI is InChI=1S/C24H27NO4/c1-5-29-23(28)24(13-17-10-6-7-11-18(17)14-24)25-22(27)19-12-8-9-16(4)20(19)21(26)15(2)3/h6-12,15H,5,13-14H2,1-4H3,(H,25,27). The molecule has 1 aliphatic rings. The molecule has 0 bridgehead atoms. The molecule has 0 atom stereocenters. The number of ketones is 1. The van der Waals surface area contributed by atoms with Crippen molar-refractivity contribution in [3.63, 3.8) is 0 Å². The van der Waals surface area contributed by atoms with Gasteiger partial charge in [0, 0.05) is 24.3 Å². The molecule has 0 unspecified atom stereocenters. The van der Waals surface area contributed by atoms with Crippen molar-refractivity contribution in [1.82, 2.24) is 5.32 Å². The minimum absolute atomic E-state index is 0.0897. The average molecular weight is 393 g/mol. The number of nitrogens with one attached hydrogen (secondary N) is 1. The van der Waals surface area contributed by atoms with Crippen LogP contribution in [0.1, 0.15) is 58.2 Å². The number of carbonyl (C=O) groups is 3. The smallest absolute Gasteiger partial charge is 0.332 e. The maximum atomic E-state index is 13.3. The van der Waals surface area contributed by atoms with Crippen molar-refractivity contribution in [1.29, 1.82) is 0 Å². The molecule has 0 fully saturated rings. The van der Waals surface area contributed by atoms with Crippen molar-refractivity contribution in [2.75, 3.05) is 6.61 Å². The van der Waals surface area contributed by atoms with Gasteiger partial charge in [-0.3, -0.25) is 9.59 Å². The van der Waals surface area contributed by atoms with Crippen molar-refractivity contribution >= 4 is 17.7 Å². The van der Waals surface area contributed by atoms with E-state index in [9.17, 15) is 14.4 Å². The lowest BCUT2D eigenvalue weighted by Gasteiger charge is -2.28. The van der Waals surface area contributed by atoms with Crippen LogP contribution in [0.4, 0.5) is 0 Å². The zero-order valence-corrected chi connectivity index (χ0v) is 17.4. The molecule has 5 heteroatoms. The first-order chi connectivity index (χ1) is 13.8. The number of carbonyl (C=O) groups excluding carboxylic acids is 3. The van der Waals surface area contributed by atoms with E-state index >= 15 is 0 Å². The van der Waals surface area contributed by atoms with Crippen LogP contribution in [0.5, 0.6) is 0 Å². The Labute approximate surface area is 171 Å². The van der Waals surface area contributed by atoms with Crippen molar-refractivity contribution in [2.45, 2.75) is 46.1 Å². The predicted octanol–water partition coefficient (Wildman–Crippen LogP) is 3.66. The number of ether oxygens (including phenoxy) is 1. The third-order valence-electron chi connectivity index (χ3n) is 5.41. The summed E-state index contributed by atoms with van der Waals surface area (Å²) in [6.45, 7) is 7.41. The average Bonchev–Trinajstić information content (AvgIpc) is 3.06. The van der Waals surface area contributed by atoms with Crippen LogP contribution in [0.3, 0.4) is 0 Å². The van der Waals surface area contributed by atoms with Gasteiger partial charge in [-0.25, -0.2) is 4.79 Å². The first-order valence-corrected chi connectivity index (χ1v) is 9.99. The fraction of sp³-hybridized carbons (Fsp3) is 0.375. The van der Waals surface area contributed by atoms with E-state index in [4.69, 9.17) is 4.74 Å². The Morgan fingerprint density at radius 1 is 1.03 bits per heavy atom. The summed E-state index contributed by atoms with van der Waals surface area (Å²) in [7, 11) is 0. The van der Waals surface area contributed by atoms with Crippen molar-refractivity contribution in [3.05, 3.63) is 70.3 Å². The molecule has 0 aromatic heterocycles. The first kappa shape index (κ1) is 20.8. The van der Waals surface area contributed by atoms with Crippen molar-refractivity contribution < 1.29 is 19.1 Å². The molecule has 2 aromatic rings. The number of hydrogen-bond acceptors (Lipinski definition) is 4. The van der Waals surface area contributed by atoms with Crippen LogP contribution in [0.25, 0.3) is 0 Å². The van der Waals surface area contributed by atoms with Gasteiger partial charge in [-0.05, 0) is 36.6 Å². The number of hydrogen-bond donors (Lipinski definition) is 1. The van der Waals surface area contributed by atoms with E-state index in [1.807, 2.05) is 51.1 Å². The van der Waals surface area contributed by atoms with Gasteiger partial charge in [0.2, 0.25) is 0 Å². The van der Waals surface area contributed by atoms with E-state index in [-0.39, 0.29) is 18.3 Å². The van der Waals surface area contributed by atoms with E-state index in [0.29, 0.717) is 24.0 Å². The number of rotatable bonds is 6. The van der Waals surface area contributed by atoms with E-state index in [2.05, 4.69) is 5.32 Å². The van der Waals surface area contributed by atoms with Crippen molar-refractivity contribution in [3.8, 4) is 0 Å². The Morgan fingerprint density at radius 2 is 1.66 bits per heavy atom. The second kappa shape index (κ2) is 8.19. The summed E-state index contributed by atoms with van der Waals surface area (Å²) in [5.41, 5.74) is 2.32. The predicted molar refractivity (Wildman–Crippen MR) is 111 cm³/mol. The molecule has 0 spiro atoms. The monoisotopic (exact) mass is 393 g/mol. The Hall–Kier alpha value is -2.95. The van der Waals surface area contributed by atoms with Gasteiger partial charge in [0.05, 0.1) is 12.2 Å². The molecule has 1 amide bonds. The molecule has 0 radical (unpaired) electrons. The lowest BCUT2D eigenvalue weighted by Crippen LogP contribution is -2.56. The first-order valence-electron chi connectivity index (χ1n) is 9.99. The highest BCUT2D eigenvalue weighted by Gasteiger charge is 2.46. The van der Waals surface area contributed by atoms with Gasteiger partial charge in [-0.1, -0.05) is 50.2 Å². The molecule has 5 nitrogen and oxygen atoms in total. The summed E-state index contributed by atoms with van der Waals surface area (Å²) in [6.07, 6.45) is 0.736. The number of Topliss-reactive ketones (excluding diaryl/α,β-unsaturated/α-hetero) is 1. The van der Waals surface area contributed by atoms with Crippen LogP contribution < -0.4 is 5.32 Å². The zero-order valence-electron chi connectivity index (χ0n) is 17.4. The summed E-state index contributed by atoms with van der Waals surface area (Å²) in [5.74, 6) is -1.21. The summed E-state index contributed by atoms with van der Waals surface area (Å²) < 4.78 is 5.32. The Morgan fingerprint density at radius 3 is 2.21 bits per heavy atom. The molecule has 2 aromatic carbocycles.